The lowest BCUT2D eigenvalue weighted by Crippen LogP contribution is -2.38. The Bertz CT molecular complexity index is 182. The van der Waals surface area contributed by atoms with E-state index in [1.165, 1.54) is 0 Å². The first-order valence-electron chi connectivity index (χ1n) is 4.69. The highest BCUT2D eigenvalue weighted by atomic mass is 35.5. The van der Waals surface area contributed by atoms with Gasteiger partial charge in [0.25, 0.3) is 0 Å². The minimum absolute atomic E-state index is 0.0132. The lowest BCUT2D eigenvalue weighted by molar-refractivity contribution is -0.130. The third kappa shape index (κ3) is 2.35. The number of likely N-dealkylation sites (tertiary alicyclic amines) is 1. The van der Waals surface area contributed by atoms with Crippen LogP contribution < -0.4 is 0 Å². The molecule has 0 aliphatic carbocycles. The second-order valence-electron chi connectivity index (χ2n) is 3.52. The van der Waals surface area contributed by atoms with Crippen molar-refractivity contribution in [3.63, 3.8) is 0 Å². The summed E-state index contributed by atoms with van der Waals surface area (Å²) >= 11 is 5.69. The molecule has 1 aliphatic heterocycles. The van der Waals surface area contributed by atoms with Gasteiger partial charge in [-0.3, -0.25) is 4.79 Å². The molecular formula is C9H16ClNO2. The number of carbonyl (C=O) groups excluding carboxylic acids is 1. The Labute approximate surface area is 83.7 Å². The summed E-state index contributed by atoms with van der Waals surface area (Å²) in [6.45, 7) is 2.74. The molecule has 1 saturated heterocycles. The van der Waals surface area contributed by atoms with E-state index in [2.05, 4.69) is 0 Å². The van der Waals surface area contributed by atoms with Crippen LogP contribution in [0.3, 0.4) is 0 Å². The van der Waals surface area contributed by atoms with E-state index < -0.39 is 0 Å². The molecule has 0 aromatic heterocycles. The fraction of sp³-hybridized carbons (Fsp3) is 0.889. The van der Waals surface area contributed by atoms with Crippen molar-refractivity contribution in [2.45, 2.75) is 25.8 Å². The van der Waals surface area contributed by atoms with Crippen molar-refractivity contribution in [2.75, 3.05) is 19.0 Å². The molecular weight excluding hydrogens is 190 g/mol. The second kappa shape index (κ2) is 4.82. The molecule has 1 rings (SSSR count). The van der Waals surface area contributed by atoms with Crippen LogP contribution in [0.25, 0.3) is 0 Å². The normalized spacial score (nSPS) is 25.3. The van der Waals surface area contributed by atoms with Crippen molar-refractivity contribution >= 4 is 17.5 Å². The zero-order valence-electron chi connectivity index (χ0n) is 7.87. The van der Waals surface area contributed by atoms with Crippen LogP contribution in [0.15, 0.2) is 0 Å². The highest BCUT2D eigenvalue weighted by Crippen LogP contribution is 2.22. The summed E-state index contributed by atoms with van der Waals surface area (Å²) in [6.07, 6.45) is 1.34. The van der Waals surface area contributed by atoms with Gasteiger partial charge in [-0.2, -0.15) is 0 Å². The van der Waals surface area contributed by atoms with E-state index in [0.29, 0.717) is 18.8 Å². The van der Waals surface area contributed by atoms with Crippen LogP contribution in [0.5, 0.6) is 0 Å². The number of nitrogens with zero attached hydrogens (tertiary/aromatic N) is 1. The molecule has 1 fully saturated rings. The molecule has 1 aliphatic rings. The molecule has 2 unspecified atom stereocenters. The molecule has 0 aromatic rings. The van der Waals surface area contributed by atoms with Crippen LogP contribution in [0.4, 0.5) is 0 Å². The van der Waals surface area contributed by atoms with E-state index in [1.807, 2.05) is 6.92 Å². The second-order valence-corrected chi connectivity index (χ2v) is 3.82. The van der Waals surface area contributed by atoms with Gasteiger partial charge in [-0.1, -0.05) is 6.92 Å². The Kier molecular flexibility index (Phi) is 4.00. The van der Waals surface area contributed by atoms with Crippen molar-refractivity contribution in [2.24, 2.45) is 5.92 Å². The molecule has 76 valence electrons. The Morgan fingerprint density at radius 1 is 1.77 bits per heavy atom. The molecule has 0 saturated carbocycles. The maximum Gasteiger partial charge on any atom is 0.223 e. The van der Waals surface area contributed by atoms with Gasteiger partial charge in [0.05, 0.1) is 12.6 Å². The molecule has 3 nitrogen and oxygen atoms in total. The van der Waals surface area contributed by atoms with Gasteiger partial charge in [-0.05, 0) is 12.3 Å². The van der Waals surface area contributed by atoms with Gasteiger partial charge < -0.3 is 10.0 Å². The number of aliphatic hydroxyl groups is 1. The van der Waals surface area contributed by atoms with E-state index in [0.717, 1.165) is 6.42 Å². The number of hydrogen-bond donors (Lipinski definition) is 1. The Balaban J connectivity index is 2.55. The van der Waals surface area contributed by atoms with Crippen LogP contribution in [0.1, 0.15) is 19.8 Å². The average molecular weight is 206 g/mol. The molecule has 0 bridgehead atoms. The zero-order valence-corrected chi connectivity index (χ0v) is 8.63. The highest BCUT2D eigenvalue weighted by Gasteiger charge is 2.32. The summed E-state index contributed by atoms with van der Waals surface area (Å²) in [7, 11) is 0. The largest absolute Gasteiger partial charge is 0.394 e. The minimum Gasteiger partial charge on any atom is -0.394 e. The maximum atomic E-state index is 11.5. The summed E-state index contributed by atoms with van der Waals surface area (Å²) in [6, 6.07) is -0.0132. The Morgan fingerprint density at radius 2 is 2.46 bits per heavy atom. The van der Waals surface area contributed by atoms with Crippen LogP contribution in [-0.4, -0.2) is 41.0 Å². The third-order valence-corrected chi connectivity index (χ3v) is 3.02. The molecule has 1 N–H and O–H groups in total. The first-order valence-corrected chi connectivity index (χ1v) is 5.22. The monoisotopic (exact) mass is 205 g/mol. The average Bonchev–Trinajstić information content (AvgIpc) is 2.50. The summed E-state index contributed by atoms with van der Waals surface area (Å²) in [4.78, 5) is 13.2. The topological polar surface area (TPSA) is 40.5 Å². The molecule has 2 atom stereocenters. The van der Waals surface area contributed by atoms with Crippen molar-refractivity contribution in [3.8, 4) is 0 Å². The fourth-order valence-electron chi connectivity index (χ4n) is 1.71. The zero-order chi connectivity index (χ0) is 9.84. The van der Waals surface area contributed by atoms with E-state index >= 15 is 0 Å². The summed E-state index contributed by atoms with van der Waals surface area (Å²) in [5, 5.41) is 9.04. The first kappa shape index (κ1) is 10.8. The molecule has 0 spiro atoms. The van der Waals surface area contributed by atoms with Crippen LogP contribution >= 0.6 is 11.6 Å². The van der Waals surface area contributed by atoms with Crippen LogP contribution in [0, 0.1) is 5.92 Å². The molecule has 4 heteroatoms. The highest BCUT2D eigenvalue weighted by molar-refractivity contribution is 6.18. The van der Waals surface area contributed by atoms with Gasteiger partial charge in [-0.15, -0.1) is 11.6 Å². The predicted molar refractivity (Wildman–Crippen MR) is 51.7 cm³/mol. The number of carbonyl (C=O) groups is 1. The quantitative estimate of drug-likeness (QED) is 0.692. The smallest absolute Gasteiger partial charge is 0.223 e. The molecule has 0 radical (unpaired) electrons. The van der Waals surface area contributed by atoms with Gasteiger partial charge in [0.15, 0.2) is 0 Å². The van der Waals surface area contributed by atoms with Gasteiger partial charge >= 0.3 is 0 Å². The van der Waals surface area contributed by atoms with Gasteiger partial charge in [0.1, 0.15) is 0 Å². The fourth-order valence-corrected chi connectivity index (χ4v) is 1.92. The lowest BCUT2D eigenvalue weighted by Gasteiger charge is -2.25. The predicted octanol–water partition coefficient (Wildman–Crippen LogP) is 0.845. The van der Waals surface area contributed by atoms with Crippen LogP contribution in [0.2, 0.25) is 0 Å². The summed E-state index contributed by atoms with van der Waals surface area (Å²) in [5.74, 6) is 0.936. The summed E-state index contributed by atoms with van der Waals surface area (Å²) < 4.78 is 0. The minimum atomic E-state index is -0.0132. The molecule has 1 heterocycles. The number of amides is 1. The SMILES string of the molecule is CCC(CO)N1CC(CCl)CC1=O. The van der Waals surface area contributed by atoms with Crippen molar-refractivity contribution < 1.29 is 9.90 Å². The van der Waals surface area contributed by atoms with Crippen molar-refractivity contribution in [3.05, 3.63) is 0 Å². The first-order chi connectivity index (χ1) is 6.22. The Morgan fingerprint density at radius 3 is 2.85 bits per heavy atom. The number of alkyl halides is 1. The lowest BCUT2D eigenvalue weighted by atomic mass is 10.1. The maximum absolute atomic E-state index is 11.5. The van der Waals surface area contributed by atoms with Gasteiger partial charge in [0, 0.05) is 18.8 Å². The van der Waals surface area contributed by atoms with E-state index in [9.17, 15) is 4.79 Å². The van der Waals surface area contributed by atoms with E-state index in [-0.39, 0.29) is 24.5 Å². The molecule has 13 heavy (non-hydrogen) atoms. The molecule has 0 aromatic carbocycles. The number of halogens is 1. The number of aliphatic hydroxyl groups excluding tert-OH is 1. The van der Waals surface area contributed by atoms with Gasteiger partial charge in [0.2, 0.25) is 5.91 Å². The van der Waals surface area contributed by atoms with Crippen LogP contribution in [-0.2, 0) is 4.79 Å². The Hall–Kier alpha value is -0.280. The van der Waals surface area contributed by atoms with E-state index in [4.69, 9.17) is 16.7 Å². The third-order valence-electron chi connectivity index (χ3n) is 2.58. The standard InChI is InChI=1S/C9H16ClNO2/c1-2-8(6-12)11-5-7(4-10)3-9(11)13/h7-8,12H,2-6H2,1H3. The summed E-state index contributed by atoms with van der Waals surface area (Å²) in [5.41, 5.74) is 0. The number of hydrogen-bond acceptors (Lipinski definition) is 2. The van der Waals surface area contributed by atoms with Crippen molar-refractivity contribution in [1.82, 2.24) is 4.90 Å². The van der Waals surface area contributed by atoms with Gasteiger partial charge in [-0.25, -0.2) is 0 Å². The number of rotatable bonds is 4. The molecule has 1 amide bonds. The van der Waals surface area contributed by atoms with E-state index in [1.54, 1.807) is 4.90 Å². The van der Waals surface area contributed by atoms with Crippen molar-refractivity contribution in [1.29, 1.82) is 0 Å².